The van der Waals surface area contributed by atoms with Crippen LogP contribution in [0.25, 0.3) is 0 Å². The predicted octanol–water partition coefficient (Wildman–Crippen LogP) is 3.75. The highest BCUT2D eigenvalue weighted by molar-refractivity contribution is 6.30. The minimum Gasteiger partial charge on any atom is -0.366 e. The summed E-state index contributed by atoms with van der Waals surface area (Å²) in [5.41, 5.74) is 7.44. The van der Waals surface area contributed by atoms with Crippen LogP contribution in [-0.4, -0.2) is 13.6 Å². The quantitative estimate of drug-likeness (QED) is 0.931. The van der Waals surface area contributed by atoms with Gasteiger partial charge in [-0.3, -0.25) is 0 Å². The number of halogens is 3. The molecule has 2 aromatic carbocycles. The molecule has 2 rings (SSSR count). The maximum atomic E-state index is 13.2. The van der Waals surface area contributed by atoms with Gasteiger partial charge in [0.05, 0.1) is 11.1 Å². The summed E-state index contributed by atoms with van der Waals surface area (Å²) in [6.45, 7) is 0.329. The van der Waals surface area contributed by atoms with Gasteiger partial charge in [0, 0.05) is 19.3 Å². The van der Waals surface area contributed by atoms with E-state index in [-0.39, 0.29) is 16.9 Å². The molecule has 2 nitrogen and oxygen atoms in total. The highest BCUT2D eigenvalue weighted by Crippen LogP contribution is 2.27. The first-order valence-electron chi connectivity index (χ1n) is 6.16. The number of nitrogens with zero attached hydrogens (tertiary/aromatic N) is 1. The summed E-state index contributed by atoms with van der Waals surface area (Å²) in [5, 5.41) is 0.0634. The third kappa shape index (κ3) is 3.08. The van der Waals surface area contributed by atoms with Crippen molar-refractivity contribution in [2.45, 2.75) is 6.04 Å². The van der Waals surface area contributed by atoms with Gasteiger partial charge in [-0.2, -0.15) is 0 Å². The summed E-state index contributed by atoms with van der Waals surface area (Å²) in [4.78, 5) is 1.91. The minimum atomic E-state index is -0.462. The van der Waals surface area contributed by atoms with Crippen LogP contribution in [0.2, 0.25) is 5.02 Å². The smallest absolute Gasteiger partial charge is 0.141 e. The zero-order valence-electron chi connectivity index (χ0n) is 11.0. The van der Waals surface area contributed by atoms with Gasteiger partial charge in [-0.15, -0.1) is 0 Å². The van der Waals surface area contributed by atoms with E-state index >= 15 is 0 Å². The number of benzene rings is 2. The van der Waals surface area contributed by atoms with Gasteiger partial charge >= 0.3 is 0 Å². The van der Waals surface area contributed by atoms with Gasteiger partial charge in [-0.05, 0) is 42.0 Å². The highest BCUT2D eigenvalue weighted by atomic mass is 35.5. The Labute approximate surface area is 121 Å². The normalized spacial score (nSPS) is 12.2. The number of nitrogens with two attached hydrogens (primary N) is 1. The molecular formula is C15H15ClF2N2. The first-order valence-corrected chi connectivity index (χ1v) is 6.54. The lowest BCUT2D eigenvalue weighted by atomic mass is 10.0. The Bertz CT molecular complexity index is 587. The van der Waals surface area contributed by atoms with Gasteiger partial charge < -0.3 is 10.6 Å². The zero-order valence-corrected chi connectivity index (χ0v) is 11.7. The molecule has 0 aliphatic carbocycles. The molecule has 1 unspecified atom stereocenters. The average molecular weight is 297 g/mol. The molecule has 0 aromatic heterocycles. The first-order chi connectivity index (χ1) is 9.52. The Morgan fingerprint density at radius 2 is 1.80 bits per heavy atom. The second-order valence-electron chi connectivity index (χ2n) is 4.51. The van der Waals surface area contributed by atoms with Crippen LogP contribution < -0.4 is 10.6 Å². The van der Waals surface area contributed by atoms with Crippen molar-refractivity contribution in [2.24, 2.45) is 5.73 Å². The van der Waals surface area contributed by atoms with E-state index in [1.807, 2.05) is 11.9 Å². The van der Waals surface area contributed by atoms with E-state index in [1.165, 1.54) is 18.2 Å². The van der Waals surface area contributed by atoms with E-state index in [2.05, 4.69) is 0 Å². The SMILES string of the molecule is CN(c1ccc(F)cc1)C(CN)c1ccc(F)c(Cl)c1. The lowest BCUT2D eigenvalue weighted by Crippen LogP contribution is -2.30. The average Bonchev–Trinajstić information content (AvgIpc) is 2.44. The molecule has 0 fully saturated rings. The lowest BCUT2D eigenvalue weighted by Gasteiger charge is -2.29. The molecule has 0 aliphatic rings. The van der Waals surface area contributed by atoms with Gasteiger partial charge in [-0.1, -0.05) is 17.7 Å². The molecule has 20 heavy (non-hydrogen) atoms. The molecular weight excluding hydrogens is 282 g/mol. The summed E-state index contributed by atoms with van der Waals surface area (Å²) in [6, 6.07) is 10.5. The molecule has 0 spiro atoms. The van der Waals surface area contributed by atoms with Crippen LogP contribution in [-0.2, 0) is 0 Å². The van der Waals surface area contributed by atoms with E-state index in [9.17, 15) is 8.78 Å². The molecule has 0 radical (unpaired) electrons. The number of rotatable bonds is 4. The van der Waals surface area contributed by atoms with Gasteiger partial charge in [0.25, 0.3) is 0 Å². The molecule has 0 saturated heterocycles. The van der Waals surface area contributed by atoms with Crippen molar-refractivity contribution in [2.75, 3.05) is 18.5 Å². The molecule has 0 bridgehead atoms. The van der Waals surface area contributed by atoms with E-state index in [0.29, 0.717) is 6.54 Å². The van der Waals surface area contributed by atoms with Crippen LogP contribution in [0.4, 0.5) is 14.5 Å². The van der Waals surface area contributed by atoms with Crippen molar-refractivity contribution < 1.29 is 8.78 Å². The number of anilines is 1. The molecule has 5 heteroatoms. The van der Waals surface area contributed by atoms with E-state index in [0.717, 1.165) is 11.3 Å². The standard InChI is InChI=1S/C15H15ClF2N2/c1-20(12-5-3-11(17)4-6-12)15(9-19)10-2-7-14(18)13(16)8-10/h2-8,15H,9,19H2,1H3. The van der Waals surface area contributed by atoms with Crippen LogP contribution in [0.3, 0.4) is 0 Å². The largest absolute Gasteiger partial charge is 0.366 e. The van der Waals surface area contributed by atoms with Gasteiger partial charge in [0.2, 0.25) is 0 Å². The van der Waals surface area contributed by atoms with Crippen molar-refractivity contribution >= 4 is 17.3 Å². The van der Waals surface area contributed by atoms with Crippen LogP contribution in [0, 0.1) is 11.6 Å². The molecule has 0 amide bonds. The van der Waals surface area contributed by atoms with Gasteiger partial charge in [0.15, 0.2) is 0 Å². The van der Waals surface area contributed by atoms with Crippen LogP contribution in [0.15, 0.2) is 42.5 Å². The molecule has 2 aromatic rings. The van der Waals surface area contributed by atoms with Crippen LogP contribution in [0.5, 0.6) is 0 Å². The van der Waals surface area contributed by atoms with Gasteiger partial charge in [-0.25, -0.2) is 8.78 Å². The fourth-order valence-electron chi connectivity index (χ4n) is 2.09. The molecule has 0 aliphatic heterocycles. The summed E-state index contributed by atoms with van der Waals surface area (Å²) >= 11 is 5.80. The summed E-state index contributed by atoms with van der Waals surface area (Å²) in [6.07, 6.45) is 0. The third-order valence-corrected chi connectivity index (χ3v) is 3.54. The molecule has 0 heterocycles. The second-order valence-corrected chi connectivity index (χ2v) is 4.92. The Kier molecular flexibility index (Phi) is 4.57. The van der Waals surface area contributed by atoms with E-state index in [4.69, 9.17) is 17.3 Å². The Morgan fingerprint density at radius 1 is 1.15 bits per heavy atom. The maximum absolute atomic E-state index is 13.2. The van der Waals surface area contributed by atoms with Gasteiger partial charge in [0.1, 0.15) is 11.6 Å². The summed E-state index contributed by atoms with van der Waals surface area (Å²) in [7, 11) is 1.85. The number of likely N-dealkylation sites (N-methyl/N-ethyl adjacent to an activating group) is 1. The van der Waals surface area contributed by atoms with Crippen molar-refractivity contribution in [3.05, 3.63) is 64.7 Å². The molecule has 106 valence electrons. The maximum Gasteiger partial charge on any atom is 0.141 e. The molecule has 1 atom stereocenters. The third-order valence-electron chi connectivity index (χ3n) is 3.25. The number of hydrogen-bond donors (Lipinski definition) is 1. The fourth-order valence-corrected chi connectivity index (χ4v) is 2.28. The zero-order chi connectivity index (χ0) is 14.7. The van der Waals surface area contributed by atoms with E-state index < -0.39 is 5.82 Å². The molecule has 2 N–H and O–H groups in total. The van der Waals surface area contributed by atoms with Crippen molar-refractivity contribution in [1.82, 2.24) is 0 Å². The predicted molar refractivity (Wildman–Crippen MR) is 78.0 cm³/mol. The Morgan fingerprint density at radius 3 is 2.35 bits per heavy atom. The summed E-state index contributed by atoms with van der Waals surface area (Å²) in [5.74, 6) is -0.758. The van der Waals surface area contributed by atoms with Crippen molar-refractivity contribution in [3.8, 4) is 0 Å². The number of hydrogen-bond acceptors (Lipinski definition) is 2. The van der Waals surface area contributed by atoms with Crippen molar-refractivity contribution in [3.63, 3.8) is 0 Å². The Balaban J connectivity index is 2.31. The summed E-state index contributed by atoms with van der Waals surface area (Å²) < 4.78 is 26.2. The second kappa shape index (κ2) is 6.20. The van der Waals surface area contributed by atoms with E-state index in [1.54, 1.807) is 24.3 Å². The minimum absolute atomic E-state index is 0.0634. The Hall–Kier alpha value is -1.65. The van der Waals surface area contributed by atoms with Crippen LogP contribution >= 0.6 is 11.6 Å². The lowest BCUT2D eigenvalue weighted by molar-refractivity contribution is 0.621. The first kappa shape index (κ1) is 14.8. The van der Waals surface area contributed by atoms with Crippen LogP contribution in [0.1, 0.15) is 11.6 Å². The monoisotopic (exact) mass is 296 g/mol. The molecule has 0 saturated carbocycles. The van der Waals surface area contributed by atoms with Crippen molar-refractivity contribution in [1.29, 1.82) is 0 Å². The fraction of sp³-hybridized carbons (Fsp3) is 0.200. The highest BCUT2D eigenvalue weighted by Gasteiger charge is 2.17. The topological polar surface area (TPSA) is 29.3 Å².